The number of ether oxygens (including phenoxy) is 1. The Morgan fingerprint density at radius 1 is 0.976 bits per heavy atom. The SMILES string of the molecule is COc1ccc(/C=N/NC(=O)c2c(NC(=O)c3cccc(CN(CC(C)O)CC(C)O)c3)sc3ccccc23)cc1. The summed E-state index contributed by atoms with van der Waals surface area (Å²) in [6.07, 6.45) is 0.421. The number of rotatable bonds is 12. The maximum absolute atomic E-state index is 13.3. The van der Waals surface area contributed by atoms with Crippen LogP contribution in [0.1, 0.15) is 45.7 Å². The molecule has 2 amide bonds. The molecule has 4 N–H and O–H groups in total. The Kier molecular flexibility index (Phi) is 10.2. The Balaban J connectivity index is 1.52. The van der Waals surface area contributed by atoms with Crippen molar-refractivity contribution < 1.29 is 24.5 Å². The Labute approximate surface area is 243 Å². The van der Waals surface area contributed by atoms with E-state index < -0.39 is 18.1 Å². The van der Waals surface area contributed by atoms with E-state index in [9.17, 15) is 19.8 Å². The number of carbonyl (C=O) groups excluding carboxylic acids is 2. The van der Waals surface area contributed by atoms with Gasteiger partial charge in [0.2, 0.25) is 0 Å². The minimum Gasteiger partial charge on any atom is -0.497 e. The molecule has 0 radical (unpaired) electrons. The fraction of sp³-hybridized carbons (Fsp3) is 0.258. The van der Waals surface area contributed by atoms with Gasteiger partial charge in [-0.15, -0.1) is 11.3 Å². The normalized spacial score (nSPS) is 12.9. The molecular formula is C31H34N4O5S. The topological polar surface area (TPSA) is 123 Å². The molecule has 2 unspecified atom stereocenters. The van der Waals surface area contributed by atoms with Crippen molar-refractivity contribution in [1.29, 1.82) is 0 Å². The first kappa shape index (κ1) is 29.9. The number of carbonyl (C=O) groups is 2. The summed E-state index contributed by atoms with van der Waals surface area (Å²) in [5.41, 5.74) is 4.99. The molecule has 9 nitrogen and oxygen atoms in total. The van der Waals surface area contributed by atoms with E-state index in [1.807, 2.05) is 47.4 Å². The molecule has 0 aliphatic rings. The summed E-state index contributed by atoms with van der Waals surface area (Å²) in [6, 6.07) is 21.9. The second-order valence-electron chi connectivity index (χ2n) is 9.82. The molecule has 0 bridgehead atoms. The zero-order valence-electron chi connectivity index (χ0n) is 23.2. The first-order valence-corrected chi connectivity index (χ1v) is 14.0. The summed E-state index contributed by atoms with van der Waals surface area (Å²) in [7, 11) is 1.59. The van der Waals surface area contributed by atoms with Crippen molar-refractivity contribution in [2.75, 3.05) is 25.5 Å². The average Bonchev–Trinajstić information content (AvgIpc) is 3.30. The van der Waals surface area contributed by atoms with Crippen LogP contribution in [0.25, 0.3) is 10.1 Å². The number of thiophene rings is 1. The van der Waals surface area contributed by atoms with Gasteiger partial charge >= 0.3 is 0 Å². The van der Waals surface area contributed by atoms with Crippen molar-refractivity contribution in [3.63, 3.8) is 0 Å². The quantitative estimate of drug-likeness (QED) is 0.146. The Morgan fingerprint density at radius 2 is 1.68 bits per heavy atom. The van der Waals surface area contributed by atoms with Crippen LogP contribution in [0.2, 0.25) is 0 Å². The van der Waals surface area contributed by atoms with Gasteiger partial charge in [0.1, 0.15) is 10.8 Å². The van der Waals surface area contributed by atoms with Crippen molar-refractivity contribution in [2.45, 2.75) is 32.6 Å². The van der Waals surface area contributed by atoms with E-state index in [4.69, 9.17) is 4.74 Å². The summed E-state index contributed by atoms with van der Waals surface area (Å²) in [6.45, 7) is 4.63. The third kappa shape index (κ3) is 8.21. The van der Waals surface area contributed by atoms with Gasteiger partial charge in [0, 0.05) is 35.3 Å². The fourth-order valence-electron chi connectivity index (χ4n) is 4.47. The van der Waals surface area contributed by atoms with Gasteiger partial charge in [-0.3, -0.25) is 14.5 Å². The molecule has 214 valence electrons. The Morgan fingerprint density at radius 3 is 2.37 bits per heavy atom. The van der Waals surface area contributed by atoms with Crippen LogP contribution in [0.5, 0.6) is 5.75 Å². The van der Waals surface area contributed by atoms with Crippen molar-refractivity contribution in [2.24, 2.45) is 5.10 Å². The molecule has 0 saturated heterocycles. The number of fused-ring (bicyclic) bond motifs is 1. The van der Waals surface area contributed by atoms with Gasteiger partial charge < -0.3 is 20.3 Å². The van der Waals surface area contributed by atoms with Crippen molar-refractivity contribution >= 4 is 44.5 Å². The summed E-state index contributed by atoms with van der Waals surface area (Å²) >= 11 is 1.32. The second-order valence-corrected chi connectivity index (χ2v) is 10.9. The molecule has 41 heavy (non-hydrogen) atoms. The summed E-state index contributed by atoms with van der Waals surface area (Å²) in [4.78, 5) is 28.5. The van der Waals surface area contributed by atoms with E-state index in [-0.39, 0.29) is 5.91 Å². The van der Waals surface area contributed by atoms with E-state index in [0.717, 1.165) is 21.6 Å². The molecule has 0 saturated carbocycles. The molecule has 10 heteroatoms. The Hall–Kier alpha value is -4.09. The van der Waals surface area contributed by atoms with E-state index in [1.54, 1.807) is 51.3 Å². The first-order chi connectivity index (χ1) is 19.7. The molecule has 2 atom stereocenters. The standard InChI is InChI=1S/C31H34N4O5S/c1-20(36)17-35(18-21(2)37)19-23-7-6-8-24(15-23)29(38)33-31-28(26-9-4-5-10-27(26)41-31)30(39)34-32-16-22-11-13-25(40-3)14-12-22/h4-16,20-21,36-37H,17-19H2,1-3H3,(H,33,38)(H,34,39)/b32-16+. The molecule has 4 aromatic rings. The number of aliphatic hydroxyl groups excluding tert-OH is 2. The maximum atomic E-state index is 13.3. The monoisotopic (exact) mass is 574 g/mol. The minimum atomic E-state index is -0.557. The van der Waals surface area contributed by atoms with Crippen LogP contribution in [0, 0.1) is 0 Å². The van der Waals surface area contributed by atoms with Crippen LogP contribution in [0.4, 0.5) is 5.00 Å². The smallest absolute Gasteiger partial charge is 0.275 e. The van der Waals surface area contributed by atoms with Gasteiger partial charge in [-0.1, -0.05) is 30.3 Å². The molecule has 0 spiro atoms. The van der Waals surface area contributed by atoms with Crippen molar-refractivity contribution in [1.82, 2.24) is 10.3 Å². The van der Waals surface area contributed by atoms with Crippen LogP contribution < -0.4 is 15.5 Å². The number of methoxy groups -OCH3 is 1. The molecule has 0 fully saturated rings. The van der Waals surface area contributed by atoms with Crippen LogP contribution in [-0.2, 0) is 6.54 Å². The molecule has 0 aliphatic carbocycles. The van der Waals surface area contributed by atoms with Crippen molar-refractivity contribution in [3.05, 3.63) is 95.1 Å². The number of benzene rings is 3. The number of hydrogen-bond acceptors (Lipinski definition) is 8. The number of anilines is 1. The van der Waals surface area contributed by atoms with E-state index in [1.165, 1.54) is 17.6 Å². The van der Waals surface area contributed by atoms with Gasteiger partial charge in [-0.25, -0.2) is 5.43 Å². The number of aliphatic hydroxyl groups is 2. The largest absolute Gasteiger partial charge is 0.497 e. The predicted molar refractivity (Wildman–Crippen MR) is 163 cm³/mol. The lowest BCUT2D eigenvalue weighted by Crippen LogP contribution is -2.35. The molecule has 1 aromatic heterocycles. The van der Waals surface area contributed by atoms with Gasteiger partial charge in [-0.05, 0) is 67.4 Å². The highest BCUT2D eigenvalue weighted by Gasteiger charge is 2.21. The van der Waals surface area contributed by atoms with E-state index >= 15 is 0 Å². The highest BCUT2D eigenvalue weighted by Crippen LogP contribution is 2.36. The summed E-state index contributed by atoms with van der Waals surface area (Å²) < 4.78 is 6.02. The highest BCUT2D eigenvalue weighted by molar-refractivity contribution is 7.23. The first-order valence-electron chi connectivity index (χ1n) is 13.2. The highest BCUT2D eigenvalue weighted by atomic mass is 32.1. The third-order valence-corrected chi connectivity index (χ3v) is 7.27. The van der Waals surface area contributed by atoms with E-state index in [2.05, 4.69) is 15.8 Å². The predicted octanol–water partition coefficient (Wildman–Crippen LogP) is 4.49. The average molecular weight is 575 g/mol. The zero-order chi connectivity index (χ0) is 29.4. The number of hydrazone groups is 1. The Bertz CT molecular complexity index is 1500. The minimum absolute atomic E-state index is 0.335. The number of hydrogen-bond donors (Lipinski definition) is 4. The van der Waals surface area contributed by atoms with Gasteiger partial charge in [0.05, 0.1) is 31.1 Å². The lowest BCUT2D eigenvalue weighted by atomic mass is 10.1. The number of nitrogens with one attached hydrogen (secondary N) is 2. The molecule has 1 heterocycles. The second kappa shape index (κ2) is 14.0. The van der Waals surface area contributed by atoms with Gasteiger partial charge in [0.15, 0.2) is 0 Å². The van der Waals surface area contributed by atoms with Gasteiger partial charge in [0.25, 0.3) is 11.8 Å². The number of amides is 2. The lowest BCUT2D eigenvalue weighted by molar-refractivity contribution is 0.0793. The third-order valence-electron chi connectivity index (χ3n) is 6.19. The van der Waals surface area contributed by atoms with Crippen LogP contribution in [0.3, 0.4) is 0 Å². The lowest BCUT2D eigenvalue weighted by Gasteiger charge is -2.25. The zero-order valence-corrected chi connectivity index (χ0v) is 24.0. The molecular weight excluding hydrogens is 540 g/mol. The van der Waals surface area contributed by atoms with Crippen LogP contribution >= 0.6 is 11.3 Å². The molecule has 3 aromatic carbocycles. The fourth-order valence-corrected chi connectivity index (χ4v) is 5.56. The molecule has 0 aliphatic heterocycles. The van der Waals surface area contributed by atoms with E-state index in [0.29, 0.717) is 41.1 Å². The molecule has 4 rings (SSSR count). The summed E-state index contributed by atoms with van der Waals surface area (Å²) in [5, 5.41) is 27.9. The van der Waals surface area contributed by atoms with Gasteiger partial charge in [-0.2, -0.15) is 5.10 Å². The van der Waals surface area contributed by atoms with Crippen LogP contribution in [0.15, 0.2) is 77.9 Å². The summed E-state index contributed by atoms with van der Waals surface area (Å²) in [5.74, 6) is -0.0753. The maximum Gasteiger partial charge on any atom is 0.275 e. The number of nitrogens with zero attached hydrogens (tertiary/aromatic N) is 2. The van der Waals surface area contributed by atoms with Crippen molar-refractivity contribution in [3.8, 4) is 5.75 Å². The van der Waals surface area contributed by atoms with Crippen LogP contribution in [-0.4, -0.2) is 65.5 Å².